The van der Waals surface area contributed by atoms with Gasteiger partial charge in [0.05, 0.1) is 0 Å². The van der Waals surface area contributed by atoms with E-state index >= 15 is 0 Å². The summed E-state index contributed by atoms with van der Waals surface area (Å²) < 4.78 is 0. The van der Waals surface area contributed by atoms with E-state index in [4.69, 9.17) is 0 Å². The van der Waals surface area contributed by atoms with E-state index in [0.29, 0.717) is 6.04 Å². The molecule has 0 aliphatic heterocycles. The van der Waals surface area contributed by atoms with Crippen molar-refractivity contribution >= 4 is 5.91 Å². The highest BCUT2D eigenvalue weighted by atomic mass is 16.2. The molecule has 0 radical (unpaired) electrons. The predicted molar refractivity (Wildman–Crippen MR) is 82.1 cm³/mol. The molecule has 0 aromatic heterocycles. The molecular formula is C18H25NO. The van der Waals surface area contributed by atoms with Crippen LogP contribution < -0.4 is 0 Å². The van der Waals surface area contributed by atoms with Crippen LogP contribution in [0, 0.1) is 0 Å². The van der Waals surface area contributed by atoms with Crippen molar-refractivity contribution in [3.63, 3.8) is 0 Å². The Morgan fingerprint density at radius 2 is 1.70 bits per heavy atom. The molecular weight excluding hydrogens is 246 g/mol. The smallest absolute Gasteiger partial charge is 0.253 e. The maximum Gasteiger partial charge on any atom is 0.253 e. The SMILES string of the molecule is CN(C(=O)c1ccc2c(c1)CCCC2)C1CCCCC1. The lowest BCUT2D eigenvalue weighted by atomic mass is 9.90. The Morgan fingerprint density at radius 1 is 1.00 bits per heavy atom. The molecule has 1 aromatic carbocycles. The summed E-state index contributed by atoms with van der Waals surface area (Å²) in [6, 6.07) is 6.81. The average Bonchev–Trinajstić information content (AvgIpc) is 2.54. The van der Waals surface area contributed by atoms with E-state index in [-0.39, 0.29) is 5.91 Å². The van der Waals surface area contributed by atoms with Crippen LogP contribution >= 0.6 is 0 Å². The Bertz CT molecular complexity index is 488. The number of hydrogen-bond donors (Lipinski definition) is 0. The Morgan fingerprint density at radius 3 is 2.45 bits per heavy atom. The molecule has 0 atom stereocenters. The second-order valence-corrected chi connectivity index (χ2v) is 6.40. The summed E-state index contributed by atoms with van der Waals surface area (Å²) in [5.41, 5.74) is 3.74. The molecule has 0 bridgehead atoms. The molecule has 108 valence electrons. The van der Waals surface area contributed by atoms with Gasteiger partial charge in [0, 0.05) is 18.7 Å². The second kappa shape index (κ2) is 5.99. The van der Waals surface area contributed by atoms with Gasteiger partial charge < -0.3 is 4.90 Å². The number of carbonyl (C=O) groups is 1. The molecule has 2 heteroatoms. The second-order valence-electron chi connectivity index (χ2n) is 6.40. The zero-order chi connectivity index (χ0) is 13.9. The third-order valence-electron chi connectivity index (χ3n) is 5.04. The molecule has 2 aliphatic carbocycles. The van der Waals surface area contributed by atoms with Crippen LogP contribution in [0.4, 0.5) is 0 Å². The fraction of sp³-hybridized carbons (Fsp3) is 0.611. The molecule has 1 saturated carbocycles. The monoisotopic (exact) mass is 271 g/mol. The Hall–Kier alpha value is -1.31. The fourth-order valence-corrected chi connectivity index (χ4v) is 3.70. The van der Waals surface area contributed by atoms with Crippen molar-refractivity contribution in [1.82, 2.24) is 4.90 Å². The van der Waals surface area contributed by atoms with E-state index < -0.39 is 0 Å². The fourth-order valence-electron chi connectivity index (χ4n) is 3.70. The summed E-state index contributed by atoms with van der Waals surface area (Å²) in [6.07, 6.45) is 11.1. The number of fused-ring (bicyclic) bond motifs is 1. The number of carbonyl (C=O) groups excluding carboxylic acids is 1. The standard InChI is InChI=1S/C18H25NO/c1-19(17-9-3-2-4-10-17)18(20)16-12-11-14-7-5-6-8-15(14)13-16/h11-13,17H,2-10H2,1H3. The Kier molecular flexibility index (Phi) is 4.09. The number of nitrogens with zero attached hydrogens (tertiary/aromatic N) is 1. The highest BCUT2D eigenvalue weighted by Crippen LogP contribution is 2.25. The van der Waals surface area contributed by atoms with Gasteiger partial charge in [0.1, 0.15) is 0 Å². The van der Waals surface area contributed by atoms with Crippen molar-refractivity contribution in [2.75, 3.05) is 7.05 Å². The minimum absolute atomic E-state index is 0.213. The van der Waals surface area contributed by atoms with Crippen molar-refractivity contribution in [2.24, 2.45) is 0 Å². The van der Waals surface area contributed by atoms with Gasteiger partial charge in [-0.3, -0.25) is 4.79 Å². The van der Waals surface area contributed by atoms with Crippen molar-refractivity contribution in [3.8, 4) is 0 Å². The van der Waals surface area contributed by atoms with E-state index in [1.165, 1.54) is 62.5 Å². The van der Waals surface area contributed by atoms with Gasteiger partial charge >= 0.3 is 0 Å². The average molecular weight is 271 g/mol. The quantitative estimate of drug-likeness (QED) is 0.797. The topological polar surface area (TPSA) is 20.3 Å². The number of benzene rings is 1. The van der Waals surface area contributed by atoms with Crippen molar-refractivity contribution in [2.45, 2.75) is 63.8 Å². The van der Waals surface area contributed by atoms with Crippen LogP contribution in [0.5, 0.6) is 0 Å². The highest BCUT2D eigenvalue weighted by Gasteiger charge is 2.23. The van der Waals surface area contributed by atoms with Crippen LogP contribution in [-0.2, 0) is 12.8 Å². The largest absolute Gasteiger partial charge is 0.339 e. The molecule has 1 amide bonds. The van der Waals surface area contributed by atoms with Crippen LogP contribution in [0.3, 0.4) is 0 Å². The normalized spacial score (nSPS) is 19.4. The molecule has 0 heterocycles. The molecule has 0 spiro atoms. The summed E-state index contributed by atoms with van der Waals surface area (Å²) >= 11 is 0. The summed E-state index contributed by atoms with van der Waals surface area (Å²) in [5, 5.41) is 0. The minimum Gasteiger partial charge on any atom is -0.339 e. The summed E-state index contributed by atoms with van der Waals surface area (Å²) in [5.74, 6) is 0.213. The number of hydrogen-bond acceptors (Lipinski definition) is 1. The van der Waals surface area contributed by atoms with Gasteiger partial charge in [0.15, 0.2) is 0 Å². The molecule has 0 saturated heterocycles. The molecule has 20 heavy (non-hydrogen) atoms. The first-order valence-corrected chi connectivity index (χ1v) is 8.14. The van der Waals surface area contributed by atoms with E-state index in [1.54, 1.807) is 0 Å². The Labute approximate surface area is 122 Å². The molecule has 3 rings (SSSR count). The lowest BCUT2D eigenvalue weighted by molar-refractivity contribution is 0.0696. The zero-order valence-electron chi connectivity index (χ0n) is 12.5. The van der Waals surface area contributed by atoms with Gasteiger partial charge in [-0.25, -0.2) is 0 Å². The first-order chi connectivity index (χ1) is 9.75. The lowest BCUT2D eigenvalue weighted by Crippen LogP contribution is -2.38. The van der Waals surface area contributed by atoms with Gasteiger partial charge in [0.2, 0.25) is 0 Å². The number of amides is 1. The van der Waals surface area contributed by atoms with Gasteiger partial charge in [-0.1, -0.05) is 25.3 Å². The van der Waals surface area contributed by atoms with Crippen LogP contribution in [0.15, 0.2) is 18.2 Å². The maximum atomic E-state index is 12.7. The first-order valence-electron chi connectivity index (χ1n) is 8.14. The van der Waals surface area contributed by atoms with E-state index in [9.17, 15) is 4.79 Å². The lowest BCUT2D eigenvalue weighted by Gasteiger charge is -2.31. The van der Waals surface area contributed by atoms with Crippen LogP contribution in [0.25, 0.3) is 0 Å². The number of aryl methyl sites for hydroxylation is 2. The van der Waals surface area contributed by atoms with Crippen molar-refractivity contribution < 1.29 is 4.79 Å². The maximum absolute atomic E-state index is 12.7. The first kappa shape index (κ1) is 13.7. The van der Waals surface area contributed by atoms with E-state index in [2.05, 4.69) is 12.1 Å². The van der Waals surface area contributed by atoms with Gasteiger partial charge in [0.25, 0.3) is 5.91 Å². The van der Waals surface area contributed by atoms with Crippen molar-refractivity contribution in [1.29, 1.82) is 0 Å². The van der Waals surface area contributed by atoms with Gasteiger partial charge in [-0.15, -0.1) is 0 Å². The van der Waals surface area contributed by atoms with E-state index in [1.807, 2.05) is 18.0 Å². The molecule has 0 unspecified atom stereocenters. The van der Waals surface area contributed by atoms with Crippen molar-refractivity contribution in [3.05, 3.63) is 34.9 Å². The molecule has 0 N–H and O–H groups in total. The van der Waals surface area contributed by atoms with Crippen LogP contribution in [-0.4, -0.2) is 23.9 Å². The van der Waals surface area contributed by atoms with Gasteiger partial charge in [-0.05, 0) is 61.8 Å². The van der Waals surface area contributed by atoms with Crippen LogP contribution in [0.1, 0.15) is 66.4 Å². The minimum atomic E-state index is 0.213. The summed E-state index contributed by atoms with van der Waals surface area (Å²) in [4.78, 5) is 14.6. The summed E-state index contributed by atoms with van der Waals surface area (Å²) in [7, 11) is 1.98. The Balaban J connectivity index is 1.75. The molecule has 2 nitrogen and oxygen atoms in total. The molecule has 1 aromatic rings. The third kappa shape index (κ3) is 2.74. The predicted octanol–water partition coefficient (Wildman–Crippen LogP) is 3.97. The number of rotatable bonds is 2. The highest BCUT2D eigenvalue weighted by molar-refractivity contribution is 5.94. The van der Waals surface area contributed by atoms with E-state index in [0.717, 1.165) is 12.0 Å². The van der Waals surface area contributed by atoms with Crippen LogP contribution in [0.2, 0.25) is 0 Å². The molecule has 2 aliphatic rings. The third-order valence-corrected chi connectivity index (χ3v) is 5.04. The summed E-state index contributed by atoms with van der Waals surface area (Å²) in [6.45, 7) is 0. The van der Waals surface area contributed by atoms with Gasteiger partial charge in [-0.2, -0.15) is 0 Å². The zero-order valence-corrected chi connectivity index (χ0v) is 12.5. The molecule has 1 fully saturated rings.